The third kappa shape index (κ3) is 7.75. The predicted octanol–water partition coefficient (Wildman–Crippen LogP) is 3.45. The number of benzene rings is 1. The Labute approximate surface area is 150 Å². The molecule has 0 radical (unpaired) electrons. The van der Waals surface area contributed by atoms with Gasteiger partial charge < -0.3 is 14.8 Å². The van der Waals surface area contributed by atoms with Crippen LogP contribution in [0.25, 0.3) is 0 Å². The van der Waals surface area contributed by atoms with Crippen LogP contribution in [0, 0.1) is 12.3 Å². The molecule has 0 aliphatic heterocycles. The van der Waals surface area contributed by atoms with E-state index in [1.807, 2.05) is 38.1 Å². The molecule has 0 bridgehead atoms. The summed E-state index contributed by atoms with van der Waals surface area (Å²) in [6, 6.07) is 6.71. The van der Waals surface area contributed by atoms with E-state index in [1.165, 1.54) is 0 Å². The highest BCUT2D eigenvalue weighted by molar-refractivity contribution is 5.81. The normalized spacial score (nSPS) is 12.7. The maximum absolute atomic E-state index is 12.2. The molecule has 1 amide bonds. The SMILES string of the molecule is C#Cc1ccc(CC(C)(C)OC(=O)C(C)NC(=O)OC(C)(C)C)cc1. The number of hydrogen-bond acceptors (Lipinski definition) is 4. The maximum Gasteiger partial charge on any atom is 0.408 e. The highest BCUT2D eigenvalue weighted by Gasteiger charge is 2.28. The van der Waals surface area contributed by atoms with Crippen molar-refractivity contribution in [2.45, 2.75) is 65.2 Å². The summed E-state index contributed by atoms with van der Waals surface area (Å²) in [6.07, 6.45) is 5.22. The zero-order valence-electron chi connectivity index (χ0n) is 15.8. The molecule has 0 saturated heterocycles. The van der Waals surface area contributed by atoms with Crippen LogP contribution in [0.15, 0.2) is 24.3 Å². The number of amides is 1. The molecule has 1 N–H and O–H groups in total. The van der Waals surface area contributed by atoms with Gasteiger partial charge >= 0.3 is 12.1 Å². The quantitative estimate of drug-likeness (QED) is 0.656. The molecule has 1 atom stereocenters. The summed E-state index contributed by atoms with van der Waals surface area (Å²) in [6.45, 7) is 10.5. The van der Waals surface area contributed by atoms with Gasteiger partial charge in [0, 0.05) is 12.0 Å². The largest absolute Gasteiger partial charge is 0.458 e. The minimum atomic E-state index is -0.807. The highest BCUT2D eigenvalue weighted by Crippen LogP contribution is 2.18. The number of terminal acetylenes is 1. The van der Waals surface area contributed by atoms with Gasteiger partial charge in [-0.2, -0.15) is 0 Å². The summed E-state index contributed by atoms with van der Waals surface area (Å²) in [5.74, 6) is 2.04. The predicted molar refractivity (Wildman–Crippen MR) is 97.1 cm³/mol. The zero-order chi connectivity index (χ0) is 19.3. The first-order valence-electron chi connectivity index (χ1n) is 8.20. The van der Waals surface area contributed by atoms with Gasteiger partial charge in [-0.1, -0.05) is 18.1 Å². The van der Waals surface area contributed by atoms with Gasteiger partial charge in [-0.25, -0.2) is 9.59 Å². The van der Waals surface area contributed by atoms with Gasteiger partial charge in [0.15, 0.2) is 0 Å². The van der Waals surface area contributed by atoms with Crippen LogP contribution < -0.4 is 5.32 Å². The number of hydrogen-bond donors (Lipinski definition) is 1. The smallest absolute Gasteiger partial charge is 0.408 e. The van der Waals surface area contributed by atoms with E-state index in [2.05, 4.69) is 11.2 Å². The molecule has 5 nitrogen and oxygen atoms in total. The molecule has 0 saturated carbocycles. The molecule has 1 rings (SSSR count). The summed E-state index contributed by atoms with van der Waals surface area (Å²) in [5.41, 5.74) is 0.453. The Hall–Kier alpha value is -2.48. The lowest BCUT2D eigenvalue weighted by molar-refractivity contribution is -0.158. The molecule has 1 aromatic rings. The number of nitrogens with one attached hydrogen (secondary N) is 1. The van der Waals surface area contributed by atoms with Gasteiger partial charge in [0.25, 0.3) is 0 Å². The second kappa shape index (κ2) is 8.06. The Morgan fingerprint density at radius 2 is 1.68 bits per heavy atom. The van der Waals surface area contributed by atoms with Gasteiger partial charge in [0.05, 0.1) is 0 Å². The van der Waals surface area contributed by atoms with E-state index in [0.717, 1.165) is 11.1 Å². The zero-order valence-corrected chi connectivity index (χ0v) is 15.8. The van der Waals surface area contributed by atoms with Crippen molar-refractivity contribution >= 4 is 12.1 Å². The van der Waals surface area contributed by atoms with Crippen molar-refractivity contribution in [3.8, 4) is 12.3 Å². The van der Waals surface area contributed by atoms with Gasteiger partial charge in [0.1, 0.15) is 17.2 Å². The van der Waals surface area contributed by atoms with Gasteiger partial charge in [0.2, 0.25) is 0 Å². The molecule has 1 unspecified atom stereocenters. The van der Waals surface area contributed by atoms with Crippen molar-refractivity contribution in [2.24, 2.45) is 0 Å². The van der Waals surface area contributed by atoms with Crippen LogP contribution in [-0.4, -0.2) is 29.3 Å². The first-order valence-corrected chi connectivity index (χ1v) is 8.20. The van der Waals surface area contributed by atoms with Crippen LogP contribution in [0.5, 0.6) is 0 Å². The Balaban J connectivity index is 2.60. The van der Waals surface area contributed by atoms with Crippen LogP contribution in [0.3, 0.4) is 0 Å². The van der Waals surface area contributed by atoms with E-state index < -0.39 is 29.3 Å². The molecule has 0 heterocycles. The monoisotopic (exact) mass is 345 g/mol. The number of carbonyl (C=O) groups is 2. The number of carbonyl (C=O) groups excluding carboxylic acids is 2. The lowest BCUT2D eigenvalue weighted by Gasteiger charge is -2.28. The Kier molecular flexibility index (Phi) is 6.63. The maximum atomic E-state index is 12.2. The minimum Gasteiger partial charge on any atom is -0.458 e. The van der Waals surface area contributed by atoms with Crippen molar-refractivity contribution in [3.05, 3.63) is 35.4 Å². The van der Waals surface area contributed by atoms with Gasteiger partial charge in [-0.15, -0.1) is 6.42 Å². The number of ether oxygens (including phenoxy) is 2. The lowest BCUT2D eigenvalue weighted by Crippen LogP contribution is -2.45. The van der Waals surface area contributed by atoms with E-state index in [-0.39, 0.29) is 0 Å². The fourth-order valence-electron chi connectivity index (χ4n) is 2.15. The average Bonchev–Trinajstić information content (AvgIpc) is 2.44. The molecule has 0 fully saturated rings. The van der Waals surface area contributed by atoms with Crippen LogP contribution >= 0.6 is 0 Å². The summed E-state index contributed by atoms with van der Waals surface area (Å²) in [5, 5.41) is 2.48. The van der Waals surface area contributed by atoms with Crippen molar-refractivity contribution in [2.75, 3.05) is 0 Å². The van der Waals surface area contributed by atoms with E-state index in [1.54, 1.807) is 27.7 Å². The fraction of sp³-hybridized carbons (Fsp3) is 0.500. The topological polar surface area (TPSA) is 64.6 Å². The van der Waals surface area contributed by atoms with Crippen LogP contribution in [0.4, 0.5) is 4.79 Å². The lowest BCUT2D eigenvalue weighted by atomic mass is 9.97. The second-order valence-electron chi connectivity index (χ2n) is 7.57. The Bertz CT molecular complexity index is 648. The third-order valence-corrected chi connectivity index (χ3v) is 3.21. The second-order valence-corrected chi connectivity index (χ2v) is 7.57. The molecular formula is C20H27NO4. The molecule has 0 aliphatic rings. The average molecular weight is 345 g/mol. The van der Waals surface area contributed by atoms with Crippen LogP contribution in [-0.2, 0) is 20.7 Å². The van der Waals surface area contributed by atoms with E-state index in [0.29, 0.717) is 6.42 Å². The van der Waals surface area contributed by atoms with Gasteiger partial charge in [-0.3, -0.25) is 0 Å². The Morgan fingerprint density at radius 3 is 2.16 bits per heavy atom. The van der Waals surface area contributed by atoms with Crippen LogP contribution in [0.1, 0.15) is 52.7 Å². The molecule has 0 aliphatic carbocycles. The van der Waals surface area contributed by atoms with Crippen molar-refractivity contribution in [1.29, 1.82) is 0 Å². The van der Waals surface area contributed by atoms with Crippen LogP contribution in [0.2, 0.25) is 0 Å². The van der Waals surface area contributed by atoms with E-state index in [9.17, 15) is 9.59 Å². The van der Waals surface area contributed by atoms with E-state index in [4.69, 9.17) is 15.9 Å². The van der Waals surface area contributed by atoms with Crippen molar-refractivity contribution < 1.29 is 19.1 Å². The molecule has 1 aromatic carbocycles. The summed E-state index contributed by atoms with van der Waals surface area (Å²) in [7, 11) is 0. The van der Waals surface area contributed by atoms with Crippen molar-refractivity contribution in [3.63, 3.8) is 0 Å². The molecule has 5 heteroatoms. The number of alkyl carbamates (subject to hydrolysis) is 1. The molecule has 25 heavy (non-hydrogen) atoms. The Morgan fingerprint density at radius 1 is 1.12 bits per heavy atom. The highest BCUT2D eigenvalue weighted by atomic mass is 16.6. The molecular weight excluding hydrogens is 318 g/mol. The van der Waals surface area contributed by atoms with Gasteiger partial charge in [-0.05, 0) is 59.2 Å². The summed E-state index contributed by atoms with van der Waals surface area (Å²) in [4.78, 5) is 24.0. The minimum absolute atomic E-state index is 0.517. The standard InChI is InChI=1S/C20H27NO4/c1-8-15-9-11-16(12-10-15)13-20(6,7)24-17(22)14(2)21-18(23)25-19(3,4)5/h1,9-12,14H,13H2,2-7H3,(H,21,23). The number of rotatable bonds is 5. The summed E-state index contributed by atoms with van der Waals surface area (Å²) >= 11 is 0. The summed E-state index contributed by atoms with van der Waals surface area (Å²) < 4.78 is 10.7. The fourth-order valence-corrected chi connectivity index (χ4v) is 2.15. The third-order valence-electron chi connectivity index (χ3n) is 3.21. The first kappa shape index (κ1) is 20.6. The molecule has 136 valence electrons. The van der Waals surface area contributed by atoms with Crippen molar-refractivity contribution in [1.82, 2.24) is 5.32 Å². The molecule has 0 aromatic heterocycles. The first-order chi connectivity index (χ1) is 11.4. The van der Waals surface area contributed by atoms with E-state index >= 15 is 0 Å². The number of esters is 1. The molecule has 0 spiro atoms.